The first-order valence-corrected chi connectivity index (χ1v) is 3.73. The smallest absolute Gasteiger partial charge is 0.142 e. The number of nitrogens with one attached hydrogen (secondary N) is 1. The molecule has 0 bridgehead atoms. The topological polar surface area (TPSA) is 36.2 Å². The van der Waals surface area contributed by atoms with E-state index in [0.29, 0.717) is 11.4 Å². The Hall–Kier alpha value is -0.700. The summed E-state index contributed by atoms with van der Waals surface area (Å²) in [5.41, 5.74) is 3.08. The predicted molar refractivity (Wildman–Crippen MR) is 57.4 cm³/mol. The predicted octanol–water partition coefficient (Wildman–Crippen LogP) is -0.660. The van der Waals surface area contributed by atoms with E-state index >= 15 is 0 Å². The van der Waals surface area contributed by atoms with Crippen LogP contribution < -0.4 is 0 Å². The molecule has 1 rings (SSSR count). The molecule has 54 valence electrons. The molecule has 1 aliphatic rings. The van der Waals surface area contributed by atoms with Crippen LogP contribution in [0.4, 0.5) is 0 Å². The van der Waals surface area contributed by atoms with E-state index < -0.39 is 0 Å². The van der Waals surface area contributed by atoms with E-state index in [9.17, 15) is 0 Å². The Kier molecular flexibility index (Phi) is 2.39. The van der Waals surface area contributed by atoms with Gasteiger partial charge in [0.2, 0.25) is 0 Å². The van der Waals surface area contributed by atoms with Gasteiger partial charge in [0.15, 0.2) is 0 Å². The number of hydrogen-bond donors (Lipinski definition) is 2. The average molecular weight is 162 g/mol. The van der Waals surface area contributed by atoms with Crippen molar-refractivity contribution in [2.24, 2.45) is 4.40 Å². The fraction of sp³-hybridized carbons (Fsp3) is 0. The van der Waals surface area contributed by atoms with Gasteiger partial charge in [0.1, 0.15) is 15.7 Å². The lowest BCUT2D eigenvalue weighted by atomic mass is 9.77. The zero-order valence-corrected chi connectivity index (χ0v) is 7.44. The first-order chi connectivity index (χ1) is 5.16. The Labute approximate surface area is 73.4 Å². The van der Waals surface area contributed by atoms with Crippen LogP contribution in [0.5, 0.6) is 0 Å². The van der Waals surface area contributed by atoms with Crippen LogP contribution in [0.3, 0.4) is 0 Å². The third-order valence-corrected chi connectivity index (χ3v) is 1.89. The fourth-order valence-electron chi connectivity index (χ4n) is 0.925. The van der Waals surface area contributed by atoms with Gasteiger partial charge in [0.25, 0.3) is 0 Å². The molecule has 0 atom stereocenters. The SMILES string of the molecule is BC1=CC=C(B)/C(=N/S)C1=N. The van der Waals surface area contributed by atoms with Crippen molar-refractivity contribution in [1.29, 1.82) is 5.41 Å². The zero-order chi connectivity index (χ0) is 8.43. The van der Waals surface area contributed by atoms with Crippen LogP contribution in [0.25, 0.3) is 0 Å². The highest BCUT2D eigenvalue weighted by atomic mass is 32.1. The second kappa shape index (κ2) is 3.13. The summed E-state index contributed by atoms with van der Waals surface area (Å²) in [4.78, 5) is 0. The van der Waals surface area contributed by atoms with E-state index in [4.69, 9.17) is 5.41 Å². The second-order valence-electron chi connectivity index (χ2n) is 2.52. The summed E-state index contributed by atoms with van der Waals surface area (Å²) in [5.74, 6) is 0. The summed E-state index contributed by atoms with van der Waals surface area (Å²) in [5, 5.41) is 7.59. The van der Waals surface area contributed by atoms with Gasteiger partial charge in [0.05, 0.1) is 11.4 Å². The Morgan fingerprint density at radius 3 is 2.27 bits per heavy atom. The van der Waals surface area contributed by atoms with E-state index in [1.807, 2.05) is 27.8 Å². The highest BCUT2D eigenvalue weighted by molar-refractivity contribution is 7.79. The molecule has 0 radical (unpaired) electrons. The zero-order valence-electron chi connectivity index (χ0n) is 6.55. The van der Waals surface area contributed by atoms with Gasteiger partial charge in [-0.15, -0.1) is 0 Å². The standard InChI is InChI=1S/C6H8B2N2S/c7-3-1-2-4(8)6(10-11)5(3)9/h1-2,9,11H,7-8H2/b9-5?,10-6-. The lowest BCUT2D eigenvalue weighted by molar-refractivity contribution is 1.53. The Balaban J connectivity index is 3.13. The molecule has 0 saturated heterocycles. The van der Waals surface area contributed by atoms with Gasteiger partial charge in [-0.3, -0.25) is 5.41 Å². The van der Waals surface area contributed by atoms with Crippen molar-refractivity contribution in [2.45, 2.75) is 0 Å². The van der Waals surface area contributed by atoms with E-state index in [1.165, 1.54) is 0 Å². The van der Waals surface area contributed by atoms with Gasteiger partial charge in [-0.05, 0) is 12.8 Å². The molecule has 2 nitrogen and oxygen atoms in total. The Bertz CT molecular complexity index is 287. The van der Waals surface area contributed by atoms with Crippen molar-refractivity contribution in [2.75, 3.05) is 0 Å². The molecule has 1 N–H and O–H groups in total. The van der Waals surface area contributed by atoms with E-state index in [0.717, 1.165) is 10.9 Å². The van der Waals surface area contributed by atoms with Crippen LogP contribution in [0.15, 0.2) is 27.5 Å². The van der Waals surface area contributed by atoms with Crippen LogP contribution in [0.1, 0.15) is 0 Å². The van der Waals surface area contributed by atoms with Crippen molar-refractivity contribution >= 4 is 39.9 Å². The number of thiol groups is 1. The maximum atomic E-state index is 7.59. The summed E-state index contributed by atoms with van der Waals surface area (Å²) >= 11 is 3.80. The summed E-state index contributed by atoms with van der Waals surface area (Å²) in [6.45, 7) is 0. The quantitative estimate of drug-likeness (QED) is 0.269. The van der Waals surface area contributed by atoms with Crippen molar-refractivity contribution in [1.82, 2.24) is 0 Å². The van der Waals surface area contributed by atoms with Crippen LogP contribution in [0.2, 0.25) is 0 Å². The van der Waals surface area contributed by atoms with Gasteiger partial charge >= 0.3 is 0 Å². The maximum absolute atomic E-state index is 7.59. The van der Waals surface area contributed by atoms with Crippen LogP contribution in [-0.2, 0) is 0 Å². The third kappa shape index (κ3) is 1.48. The molecule has 0 aromatic rings. The van der Waals surface area contributed by atoms with Gasteiger partial charge in [-0.1, -0.05) is 23.1 Å². The first-order valence-electron chi connectivity index (χ1n) is 3.33. The lowest BCUT2D eigenvalue weighted by Gasteiger charge is -2.11. The van der Waals surface area contributed by atoms with Gasteiger partial charge in [-0.2, -0.15) is 0 Å². The maximum Gasteiger partial charge on any atom is 0.142 e. The van der Waals surface area contributed by atoms with E-state index in [2.05, 4.69) is 17.2 Å². The first kappa shape index (κ1) is 8.40. The number of nitrogens with zero attached hydrogens (tertiary/aromatic N) is 1. The summed E-state index contributed by atoms with van der Waals surface area (Å²) in [7, 11) is 3.82. The lowest BCUT2D eigenvalue weighted by Crippen LogP contribution is -2.20. The fourth-order valence-corrected chi connectivity index (χ4v) is 1.18. The van der Waals surface area contributed by atoms with Crippen molar-refractivity contribution < 1.29 is 0 Å². The normalized spacial score (nSPS) is 21.5. The molecule has 1 aliphatic carbocycles. The minimum Gasteiger partial charge on any atom is -0.299 e. The minimum absolute atomic E-state index is 0.472. The molecule has 0 fully saturated rings. The minimum atomic E-state index is 0.472. The van der Waals surface area contributed by atoms with Gasteiger partial charge in [0, 0.05) is 0 Å². The largest absolute Gasteiger partial charge is 0.299 e. The highest BCUT2D eigenvalue weighted by Gasteiger charge is 2.12. The molecule has 0 aromatic heterocycles. The van der Waals surface area contributed by atoms with Gasteiger partial charge in [-0.25, -0.2) is 4.40 Å². The molecule has 0 unspecified atom stereocenters. The monoisotopic (exact) mass is 162 g/mol. The number of rotatable bonds is 0. The Morgan fingerprint density at radius 2 is 1.82 bits per heavy atom. The molecule has 0 aliphatic heterocycles. The third-order valence-electron chi connectivity index (χ3n) is 1.69. The molecule has 0 amide bonds. The molecule has 0 heterocycles. The number of hydrogen-bond acceptors (Lipinski definition) is 3. The van der Waals surface area contributed by atoms with Gasteiger partial charge < -0.3 is 0 Å². The molecule has 0 saturated carbocycles. The molecular weight excluding hydrogens is 154 g/mol. The number of allylic oxidation sites excluding steroid dienone is 4. The average Bonchev–Trinajstić information content (AvgIpc) is 1.99. The van der Waals surface area contributed by atoms with Crippen LogP contribution in [-0.4, -0.2) is 27.1 Å². The molecule has 0 aromatic carbocycles. The highest BCUT2D eigenvalue weighted by Crippen LogP contribution is 2.09. The molecule has 5 heteroatoms. The molecule has 11 heavy (non-hydrogen) atoms. The molecular formula is C6H8B2N2S. The summed E-state index contributed by atoms with van der Waals surface area (Å²) in [6.07, 6.45) is 3.86. The Morgan fingerprint density at radius 1 is 1.27 bits per heavy atom. The van der Waals surface area contributed by atoms with Crippen LogP contribution in [0, 0.1) is 5.41 Å². The van der Waals surface area contributed by atoms with Crippen molar-refractivity contribution in [3.8, 4) is 0 Å². The van der Waals surface area contributed by atoms with Crippen molar-refractivity contribution in [3.63, 3.8) is 0 Å². The van der Waals surface area contributed by atoms with E-state index in [1.54, 1.807) is 0 Å². The van der Waals surface area contributed by atoms with Crippen LogP contribution >= 0.6 is 12.8 Å². The molecule has 0 spiro atoms. The summed E-state index contributed by atoms with van der Waals surface area (Å²) < 4.78 is 3.74. The summed E-state index contributed by atoms with van der Waals surface area (Å²) in [6, 6.07) is 0. The van der Waals surface area contributed by atoms with Crippen molar-refractivity contribution in [3.05, 3.63) is 23.1 Å². The second-order valence-corrected chi connectivity index (χ2v) is 2.72. The van der Waals surface area contributed by atoms with E-state index in [-0.39, 0.29) is 0 Å².